The summed E-state index contributed by atoms with van der Waals surface area (Å²) < 4.78 is 40.7. The van der Waals surface area contributed by atoms with Gasteiger partial charge < -0.3 is 16.4 Å². The van der Waals surface area contributed by atoms with Gasteiger partial charge in [0, 0.05) is 0 Å². The molecule has 4 N–H and O–H groups in total. The predicted molar refractivity (Wildman–Crippen MR) is 79.6 cm³/mol. The summed E-state index contributed by atoms with van der Waals surface area (Å²) in [6.07, 6.45) is -4.57. The number of benzene rings is 1. The molecule has 2 atom stereocenters. The lowest BCUT2D eigenvalue weighted by Crippen LogP contribution is -2.58. The summed E-state index contributed by atoms with van der Waals surface area (Å²) in [5.41, 5.74) is 5.68. The van der Waals surface area contributed by atoms with Crippen LogP contribution in [0.1, 0.15) is 30.0 Å². The Bertz CT molecular complexity index is 596. The Hall–Kier alpha value is -1.60. The molecule has 1 aromatic carbocycles. The lowest BCUT2D eigenvalue weighted by atomic mass is 9.77. The number of nitrogens with one attached hydrogen (secondary N) is 2. The molecule has 3 rings (SSSR count). The zero-order chi connectivity index (χ0) is 16.7. The quantitative estimate of drug-likeness (QED) is 0.774. The third-order valence-electron chi connectivity index (χ3n) is 5.04. The van der Waals surface area contributed by atoms with Gasteiger partial charge in [-0.05, 0) is 43.5 Å². The predicted octanol–water partition coefficient (Wildman–Crippen LogP) is 1.66. The Kier molecular flexibility index (Phi) is 4.10. The Morgan fingerprint density at radius 1 is 1.26 bits per heavy atom. The molecule has 0 bridgehead atoms. The van der Waals surface area contributed by atoms with Crippen molar-refractivity contribution < 1.29 is 18.0 Å². The second-order valence-corrected chi connectivity index (χ2v) is 6.34. The molecule has 2 aliphatic rings. The van der Waals surface area contributed by atoms with Crippen molar-refractivity contribution in [2.45, 2.75) is 37.5 Å². The van der Waals surface area contributed by atoms with E-state index in [2.05, 4.69) is 10.6 Å². The average Bonchev–Trinajstić information content (AvgIpc) is 2.83. The van der Waals surface area contributed by atoms with E-state index in [0.717, 1.165) is 11.1 Å². The summed E-state index contributed by atoms with van der Waals surface area (Å²) in [6.45, 7) is 0.369. The second-order valence-electron chi connectivity index (χ2n) is 6.34. The van der Waals surface area contributed by atoms with E-state index in [4.69, 9.17) is 5.73 Å². The number of piperidine rings is 1. The van der Waals surface area contributed by atoms with Crippen molar-refractivity contribution >= 4 is 5.91 Å². The topological polar surface area (TPSA) is 67.1 Å². The maximum Gasteiger partial charge on any atom is 0.403 e. The molecule has 0 aromatic heterocycles. The van der Waals surface area contributed by atoms with Crippen LogP contribution < -0.4 is 16.4 Å². The minimum Gasteiger partial charge on any atom is -0.350 e. The first-order chi connectivity index (χ1) is 10.8. The van der Waals surface area contributed by atoms with Gasteiger partial charge in [-0.25, -0.2) is 0 Å². The fourth-order valence-electron chi connectivity index (χ4n) is 3.57. The highest BCUT2D eigenvalue weighted by atomic mass is 19.4. The average molecular weight is 327 g/mol. The highest BCUT2D eigenvalue weighted by molar-refractivity contribution is 5.84. The minimum atomic E-state index is -4.56. The second kappa shape index (κ2) is 5.79. The fourth-order valence-corrected chi connectivity index (χ4v) is 3.57. The number of carbonyl (C=O) groups excluding carboxylic acids is 1. The lowest BCUT2D eigenvalue weighted by Gasteiger charge is -2.38. The minimum absolute atomic E-state index is 0.184. The van der Waals surface area contributed by atoms with Gasteiger partial charge in [0.25, 0.3) is 0 Å². The molecule has 1 aliphatic heterocycles. The maximum atomic E-state index is 13.6. The number of rotatable bonds is 2. The van der Waals surface area contributed by atoms with Crippen LogP contribution in [0.25, 0.3) is 0 Å². The van der Waals surface area contributed by atoms with Gasteiger partial charge in [0.1, 0.15) is 5.41 Å². The fraction of sp³-hybridized carbons (Fsp3) is 0.562. The number of alkyl halides is 3. The van der Waals surface area contributed by atoms with Gasteiger partial charge in [-0.15, -0.1) is 0 Å². The van der Waals surface area contributed by atoms with Crippen molar-refractivity contribution in [3.8, 4) is 0 Å². The van der Waals surface area contributed by atoms with E-state index in [9.17, 15) is 18.0 Å². The number of hydrogen-bond donors (Lipinski definition) is 3. The van der Waals surface area contributed by atoms with E-state index in [1.54, 1.807) is 0 Å². The van der Waals surface area contributed by atoms with Crippen LogP contribution >= 0.6 is 0 Å². The first kappa shape index (κ1) is 16.3. The van der Waals surface area contributed by atoms with Crippen LogP contribution in [-0.4, -0.2) is 31.2 Å². The maximum absolute atomic E-state index is 13.6. The lowest BCUT2D eigenvalue weighted by molar-refractivity contribution is -0.228. The summed E-state index contributed by atoms with van der Waals surface area (Å²) in [7, 11) is 0. The Labute approximate surface area is 132 Å². The van der Waals surface area contributed by atoms with Gasteiger partial charge in [0.05, 0.1) is 12.1 Å². The molecule has 0 saturated carbocycles. The van der Waals surface area contributed by atoms with Gasteiger partial charge in [0.2, 0.25) is 5.91 Å². The van der Waals surface area contributed by atoms with E-state index in [0.29, 0.717) is 6.42 Å². The van der Waals surface area contributed by atoms with Crippen LogP contribution in [0.4, 0.5) is 13.2 Å². The van der Waals surface area contributed by atoms with Gasteiger partial charge in [-0.3, -0.25) is 4.79 Å². The highest BCUT2D eigenvalue weighted by Gasteiger charge is 2.60. The molecule has 1 heterocycles. The number of hydrogen-bond acceptors (Lipinski definition) is 3. The molecule has 0 radical (unpaired) electrons. The van der Waals surface area contributed by atoms with Crippen LogP contribution in [0.5, 0.6) is 0 Å². The largest absolute Gasteiger partial charge is 0.403 e. The van der Waals surface area contributed by atoms with Crippen LogP contribution in [0, 0.1) is 5.41 Å². The Morgan fingerprint density at radius 2 is 1.91 bits per heavy atom. The van der Waals surface area contributed by atoms with Crippen molar-refractivity contribution in [1.82, 2.24) is 10.6 Å². The summed E-state index contributed by atoms with van der Waals surface area (Å²) in [4.78, 5) is 12.5. The van der Waals surface area contributed by atoms with Gasteiger partial charge >= 0.3 is 6.18 Å². The summed E-state index contributed by atoms with van der Waals surface area (Å²) in [5.74, 6) is -0.945. The molecule has 1 saturated heterocycles. The van der Waals surface area contributed by atoms with Gasteiger partial charge in [-0.1, -0.05) is 24.3 Å². The molecular weight excluding hydrogens is 307 g/mol. The van der Waals surface area contributed by atoms with Crippen molar-refractivity contribution in [3.05, 3.63) is 35.4 Å². The summed E-state index contributed by atoms with van der Waals surface area (Å²) in [5, 5.41) is 5.46. The first-order valence-electron chi connectivity index (χ1n) is 7.77. The Balaban J connectivity index is 1.79. The molecule has 1 amide bonds. The molecule has 1 fully saturated rings. The first-order valence-corrected chi connectivity index (χ1v) is 7.77. The SMILES string of the molecule is N[C@@H]1c2ccccc2C[C@H]1NC(=O)C1(C(F)(F)F)CCNCC1. The van der Waals surface area contributed by atoms with Crippen molar-refractivity contribution in [3.63, 3.8) is 0 Å². The van der Waals surface area contributed by atoms with Gasteiger partial charge in [0.15, 0.2) is 0 Å². The normalized spacial score (nSPS) is 26.6. The van der Waals surface area contributed by atoms with Crippen molar-refractivity contribution in [2.24, 2.45) is 11.1 Å². The summed E-state index contributed by atoms with van der Waals surface area (Å²) >= 11 is 0. The third-order valence-corrected chi connectivity index (χ3v) is 5.04. The molecule has 0 unspecified atom stereocenters. The standard InChI is InChI=1S/C16H20F3N3O/c17-16(18,19)15(5-7-21-8-6-15)14(23)22-12-9-10-3-1-2-4-11(10)13(12)20/h1-4,12-13,21H,5-9,20H2,(H,22,23)/t12-,13-/m1/s1. The Morgan fingerprint density at radius 3 is 2.52 bits per heavy atom. The van der Waals surface area contributed by atoms with E-state index >= 15 is 0 Å². The van der Waals surface area contributed by atoms with Gasteiger partial charge in [-0.2, -0.15) is 13.2 Å². The van der Waals surface area contributed by atoms with Crippen LogP contribution in [-0.2, 0) is 11.2 Å². The molecule has 7 heteroatoms. The number of fused-ring (bicyclic) bond motifs is 1. The molecule has 0 spiro atoms. The van der Waals surface area contributed by atoms with E-state index in [-0.39, 0.29) is 25.9 Å². The van der Waals surface area contributed by atoms with Crippen LogP contribution in [0.2, 0.25) is 0 Å². The number of carbonyl (C=O) groups is 1. The number of amides is 1. The smallest absolute Gasteiger partial charge is 0.350 e. The molecular formula is C16H20F3N3O. The molecule has 1 aromatic rings. The van der Waals surface area contributed by atoms with E-state index < -0.39 is 29.6 Å². The molecule has 4 nitrogen and oxygen atoms in total. The summed E-state index contributed by atoms with van der Waals surface area (Å²) in [6, 6.07) is 6.49. The molecule has 23 heavy (non-hydrogen) atoms. The zero-order valence-electron chi connectivity index (χ0n) is 12.6. The molecule has 126 valence electrons. The number of halogens is 3. The zero-order valence-corrected chi connectivity index (χ0v) is 12.6. The van der Waals surface area contributed by atoms with Crippen LogP contribution in [0.15, 0.2) is 24.3 Å². The van der Waals surface area contributed by atoms with Crippen molar-refractivity contribution in [1.29, 1.82) is 0 Å². The van der Waals surface area contributed by atoms with Crippen LogP contribution in [0.3, 0.4) is 0 Å². The third kappa shape index (κ3) is 2.72. The van der Waals surface area contributed by atoms with Crippen molar-refractivity contribution in [2.75, 3.05) is 13.1 Å². The number of nitrogens with two attached hydrogens (primary N) is 1. The highest BCUT2D eigenvalue weighted by Crippen LogP contribution is 2.45. The van der Waals surface area contributed by atoms with E-state index in [1.807, 2.05) is 24.3 Å². The monoisotopic (exact) mass is 327 g/mol. The van der Waals surface area contributed by atoms with E-state index in [1.165, 1.54) is 0 Å². The molecule has 1 aliphatic carbocycles.